The Bertz CT molecular complexity index is 986. The Balaban J connectivity index is 0.000000207. The Morgan fingerprint density at radius 3 is 2.69 bits per heavy atom. The number of thiazole rings is 1. The number of hydrogen-bond acceptors (Lipinski definition) is 7. The third kappa shape index (κ3) is 7.13. The molecule has 3 aromatic rings. The van der Waals surface area contributed by atoms with E-state index >= 15 is 0 Å². The summed E-state index contributed by atoms with van der Waals surface area (Å²) in [6.07, 6.45) is 8.55. The zero-order valence-corrected chi connectivity index (χ0v) is 18.6. The smallest absolute Gasteiger partial charge is 0.139 e. The maximum absolute atomic E-state index is 10.9. The number of carbonyl (C=O) groups is 1. The fourth-order valence-electron chi connectivity index (χ4n) is 2.17. The van der Waals surface area contributed by atoms with Crippen LogP contribution in [0.4, 0.5) is 5.69 Å². The van der Waals surface area contributed by atoms with E-state index in [4.69, 9.17) is 8.19 Å². The summed E-state index contributed by atoms with van der Waals surface area (Å²) < 4.78 is 30.3. The molecule has 0 aliphatic heterocycles. The van der Waals surface area contributed by atoms with Crippen molar-refractivity contribution in [2.75, 3.05) is 5.32 Å². The number of aromatic nitrogens is 4. The third-order valence-corrected chi connectivity index (χ3v) is 6.60. The number of amides is 1. The molecule has 0 unspecified atom stereocenters. The van der Waals surface area contributed by atoms with Gasteiger partial charge in [0.15, 0.2) is 0 Å². The van der Waals surface area contributed by atoms with Crippen LogP contribution in [0.2, 0.25) is 0 Å². The molecule has 0 fully saturated rings. The average molecular weight is 483 g/mol. The Labute approximate surface area is 174 Å². The molecule has 12 heteroatoms. The summed E-state index contributed by atoms with van der Waals surface area (Å²) in [4.78, 5) is 19.0. The molecule has 0 atom stereocenters. The molecule has 0 saturated heterocycles. The zero-order valence-electron chi connectivity index (χ0n) is 15.9. The maximum Gasteiger partial charge on any atom is 0.139 e. The van der Waals surface area contributed by atoms with Crippen molar-refractivity contribution >= 4 is 41.5 Å². The number of nitrogens with zero attached hydrogens (tertiary/aromatic N) is 4. The molecule has 3 rings (SSSR count). The first-order valence-corrected chi connectivity index (χ1v) is 12.9. The zero-order chi connectivity index (χ0) is 21.4. The van der Waals surface area contributed by atoms with Crippen molar-refractivity contribution in [3.05, 3.63) is 42.1 Å². The van der Waals surface area contributed by atoms with Crippen LogP contribution in [0, 0.1) is 0 Å². The van der Waals surface area contributed by atoms with Crippen LogP contribution in [-0.2, 0) is 15.0 Å². The van der Waals surface area contributed by atoms with Gasteiger partial charge in [-0.15, -0.1) is 0 Å². The van der Waals surface area contributed by atoms with Crippen molar-refractivity contribution in [2.45, 2.75) is 33.1 Å². The minimum Gasteiger partial charge on any atom is -0.247 e. The second-order valence-corrected chi connectivity index (χ2v) is 10.4. The Morgan fingerprint density at radius 2 is 2.10 bits per heavy atom. The third-order valence-electron chi connectivity index (χ3n) is 3.56. The van der Waals surface area contributed by atoms with Gasteiger partial charge >= 0.3 is 88.1 Å². The molecule has 10 nitrogen and oxygen atoms in total. The summed E-state index contributed by atoms with van der Waals surface area (Å²) in [7, 11) is 0. The van der Waals surface area contributed by atoms with Crippen LogP contribution >= 0.6 is 11.3 Å². The summed E-state index contributed by atoms with van der Waals surface area (Å²) in [5.41, 5.74) is -0.00951. The van der Waals surface area contributed by atoms with Gasteiger partial charge in [0.2, 0.25) is 0 Å². The monoisotopic (exact) mass is 483 g/mol. The van der Waals surface area contributed by atoms with Crippen molar-refractivity contribution in [3.8, 4) is 10.8 Å². The Morgan fingerprint density at radius 1 is 1.34 bits per heavy atom. The van der Waals surface area contributed by atoms with E-state index in [1.165, 1.54) is 31.1 Å². The molecule has 29 heavy (non-hydrogen) atoms. The maximum atomic E-state index is 10.9. The van der Waals surface area contributed by atoms with Crippen LogP contribution in [-0.4, -0.2) is 53.1 Å². The number of aryl methyl sites for hydroxylation is 1. The van der Waals surface area contributed by atoms with Gasteiger partial charge in [-0.05, 0) is 12.8 Å². The molecular formula is C17H22AsN5O5S. The number of aromatic hydroxyl groups is 1. The molecule has 2 heterocycles. The van der Waals surface area contributed by atoms with Gasteiger partial charge in [0.05, 0.1) is 11.2 Å². The first-order chi connectivity index (χ1) is 13.7. The minimum atomic E-state index is -4.98. The normalized spacial score (nSPS) is 10.9. The number of anilines is 1. The number of unbranched alkanes of at least 4 members (excludes halogenated alkanes) is 1. The van der Waals surface area contributed by atoms with Crippen molar-refractivity contribution < 1.29 is 21.8 Å². The number of nitrogens with one attached hydrogen (secondary N) is 1. The molecule has 156 valence electrons. The molecule has 0 spiro atoms. The SMILES string of the molecule is CC(=O)Nc1cc([As](=O)(O)O)ccc1O.CCCCc1ncc(-n2cncn2)s1. The van der Waals surface area contributed by atoms with Crippen molar-refractivity contribution in [1.82, 2.24) is 19.7 Å². The fourth-order valence-corrected chi connectivity index (χ4v) is 4.24. The van der Waals surface area contributed by atoms with Crippen LogP contribution in [0.3, 0.4) is 0 Å². The molecule has 1 amide bonds. The predicted molar refractivity (Wildman–Crippen MR) is 109 cm³/mol. The Kier molecular flexibility index (Phi) is 8.15. The van der Waals surface area contributed by atoms with E-state index < -0.39 is 20.1 Å². The van der Waals surface area contributed by atoms with Gasteiger partial charge in [-0.1, -0.05) is 24.7 Å². The summed E-state index contributed by atoms with van der Waals surface area (Å²) in [6, 6.07) is 3.32. The van der Waals surface area contributed by atoms with Crippen LogP contribution in [0.25, 0.3) is 5.00 Å². The van der Waals surface area contributed by atoms with Gasteiger partial charge in [0.25, 0.3) is 0 Å². The summed E-state index contributed by atoms with van der Waals surface area (Å²) >= 11 is -3.30. The van der Waals surface area contributed by atoms with E-state index in [-0.39, 0.29) is 15.8 Å². The van der Waals surface area contributed by atoms with Gasteiger partial charge in [-0.25, -0.2) is 14.6 Å². The number of carbonyl (C=O) groups excluding carboxylic acids is 1. The Hall–Kier alpha value is -2.46. The van der Waals surface area contributed by atoms with Gasteiger partial charge in [-0.3, -0.25) is 0 Å². The molecule has 2 aromatic heterocycles. The predicted octanol–water partition coefficient (Wildman–Crippen LogP) is 0.978. The van der Waals surface area contributed by atoms with E-state index in [1.54, 1.807) is 22.3 Å². The van der Waals surface area contributed by atoms with Crippen LogP contribution in [0.5, 0.6) is 5.75 Å². The van der Waals surface area contributed by atoms with Gasteiger partial charge in [-0.2, -0.15) is 5.10 Å². The molecule has 0 aliphatic rings. The molecule has 4 N–H and O–H groups in total. The van der Waals surface area contributed by atoms with Crippen molar-refractivity contribution in [2.24, 2.45) is 0 Å². The van der Waals surface area contributed by atoms with E-state index in [2.05, 4.69) is 27.3 Å². The molecule has 0 bridgehead atoms. The number of benzene rings is 1. The molecule has 0 saturated carbocycles. The number of rotatable bonds is 6. The van der Waals surface area contributed by atoms with E-state index in [0.717, 1.165) is 29.6 Å². The molecule has 0 radical (unpaired) electrons. The standard InChI is InChI=1S/C9H12N4S.C8H10AsNO5/c1-2-3-4-8-11-5-9(14-8)13-7-10-6-12-13;1-5(11)10-7-4-6(9(13,14)15)2-3-8(7)12/h5-7H,2-4H2,1H3;2-4,12H,1H3,(H,10,11)(H2,13,14,15). The van der Waals surface area contributed by atoms with Crippen LogP contribution in [0.1, 0.15) is 31.7 Å². The topological polar surface area (TPSA) is 150 Å². The molecule has 0 aliphatic carbocycles. The summed E-state index contributed by atoms with van der Waals surface area (Å²) in [5.74, 6) is -0.668. The first kappa shape index (κ1) is 22.8. The van der Waals surface area contributed by atoms with Crippen molar-refractivity contribution in [1.29, 1.82) is 0 Å². The first-order valence-electron chi connectivity index (χ1n) is 8.67. The molecule has 1 aromatic carbocycles. The van der Waals surface area contributed by atoms with Crippen molar-refractivity contribution in [3.63, 3.8) is 0 Å². The fraction of sp³-hybridized carbons (Fsp3) is 0.294. The van der Waals surface area contributed by atoms with E-state index in [1.807, 2.05) is 6.20 Å². The number of phenolic OH excluding ortho intramolecular Hbond substituents is 1. The largest absolute Gasteiger partial charge is 0.247 e. The van der Waals surface area contributed by atoms with Gasteiger partial charge in [0.1, 0.15) is 17.7 Å². The van der Waals surface area contributed by atoms with E-state index in [9.17, 15) is 13.6 Å². The second kappa shape index (κ2) is 10.4. The van der Waals surface area contributed by atoms with Crippen LogP contribution in [0.15, 0.2) is 37.1 Å². The summed E-state index contributed by atoms with van der Waals surface area (Å²) in [5, 5.41) is 17.8. The average Bonchev–Trinajstić information content (AvgIpc) is 3.32. The second-order valence-electron chi connectivity index (χ2n) is 5.96. The quantitative estimate of drug-likeness (QED) is 0.299. The molecular weight excluding hydrogens is 461 g/mol. The number of hydrogen-bond donors (Lipinski definition) is 4. The van der Waals surface area contributed by atoms with Gasteiger partial charge < -0.3 is 0 Å². The van der Waals surface area contributed by atoms with E-state index in [0.29, 0.717) is 0 Å². The van der Waals surface area contributed by atoms with Crippen LogP contribution < -0.4 is 9.67 Å². The minimum absolute atomic E-state index is 0.00951. The summed E-state index contributed by atoms with van der Waals surface area (Å²) in [6.45, 7) is 3.42. The van der Waals surface area contributed by atoms with Gasteiger partial charge in [0, 0.05) is 0 Å². The number of phenols is 1.